The number of carbonyl (C=O) groups excluding carboxylic acids is 1. The van der Waals surface area contributed by atoms with E-state index in [4.69, 9.17) is 11.6 Å². The van der Waals surface area contributed by atoms with E-state index in [1.807, 2.05) is 6.20 Å². The number of allylic oxidation sites excluding steroid dienone is 1. The first-order valence-electron chi connectivity index (χ1n) is 11.9. The second-order valence-electron chi connectivity index (χ2n) is 9.98. The maximum atomic E-state index is 13.2. The Morgan fingerprint density at radius 1 is 1.09 bits per heavy atom. The summed E-state index contributed by atoms with van der Waals surface area (Å²) in [6.45, 7) is 0. The molecule has 0 saturated heterocycles. The molecule has 0 spiro atoms. The van der Waals surface area contributed by atoms with Gasteiger partial charge in [0.25, 0.3) is 0 Å². The van der Waals surface area contributed by atoms with Crippen LogP contribution in [0.5, 0.6) is 0 Å². The van der Waals surface area contributed by atoms with Crippen molar-refractivity contribution < 1.29 is 4.79 Å². The molecule has 164 valence electrons. The molecule has 3 aliphatic carbocycles. The van der Waals surface area contributed by atoms with Crippen molar-refractivity contribution in [1.29, 1.82) is 5.26 Å². The maximum Gasteiger partial charge on any atom is 0.227 e. The fraction of sp³-hybridized carbons (Fsp3) is 0.500. The summed E-state index contributed by atoms with van der Waals surface area (Å²) in [5.74, 6) is 4.34. The summed E-state index contributed by atoms with van der Waals surface area (Å²) in [6.07, 6.45) is 15.6. The maximum absolute atomic E-state index is 13.2. The van der Waals surface area contributed by atoms with Crippen LogP contribution in [0.1, 0.15) is 56.0 Å². The average Bonchev–Trinajstić information content (AvgIpc) is 3.46. The number of rotatable bonds is 2. The van der Waals surface area contributed by atoms with E-state index in [9.17, 15) is 10.1 Å². The summed E-state index contributed by atoms with van der Waals surface area (Å²) in [5, 5.41) is 13.0. The first kappa shape index (κ1) is 20.1. The Balaban J connectivity index is 1.18. The number of fused-ring (bicyclic) bond motifs is 7. The van der Waals surface area contributed by atoms with Crippen LogP contribution in [0.15, 0.2) is 36.7 Å². The molecule has 6 rings (SSSR count). The van der Waals surface area contributed by atoms with Crippen LogP contribution in [0.3, 0.4) is 0 Å². The molecule has 2 heterocycles. The smallest absolute Gasteiger partial charge is 0.227 e. The van der Waals surface area contributed by atoms with E-state index in [2.05, 4.69) is 39.3 Å². The summed E-state index contributed by atoms with van der Waals surface area (Å²) >= 11 is 6.01. The summed E-state index contributed by atoms with van der Waals surface area (Å²) in [7, 11) is 0. The van der Waals surface area contributed by atoms with Crippen molar-refractivity contribution in [3.05, 3.63) is 53.1 Å². The largest absolute Gasteiger partial charge is 0.328 e. The number of amides is 1. The van der Waals surface area contributed by atoms with Gasteiger partial charge >= 0.3 is 0 Å². The quantitative estimate of drug-likeness (QED) is 0.643. The molecule has 3 saturated carbocycles. The van der Waals surface area contributed by atoms with E-state index in [0.29, 0.717) is 51.9 Å². The van der Waals surface area contributed by atoms with Gasteiger partial charge in [0.2, 0.25) is 5.91 Å². The van der Waals surface area contributed by atoms with Crippen LogP contribution in [-0.2, 0) is 4.79 Å². The fourth-order valence-corrected chi connectivity index (χ4v) is 7.68. The number of carbonyl (C=O) groups is 1. The molecular formula is C26H27ClN4O. The Hall–Kier alpha value is -2.58. The predicted molar refractivity (Wildman–Crippen MR) is 124 cm³/mol. The topological polar surface area (TPSA) is 70.7 Å². The third kappa shape index (κ3) is 3.11. The van der Waals surface area contributed by atoms with Gasteiger partial charge in [0.1, 0.15) is 11.9 Å². The van der Waals surface area contributed by atoms with Crippen molar-refractivity contribution in [2.75, 3.05) is 5.32 Å². The Labute approximate surface area is 193 Å². The molecule has 0 radical (unpaired) electrons. The highest BCUT2D eigenvalue weighted by atomic mass is 35.5. The van der Waals surface area contributed by atoms with Crippen LogP contribution < -0.4 is 5.32 Å². The van der Waals surface area contributed by atoms with E-state index in [0.717, 1.165) is 25.1 Å². The summed E-state index contributed by atoms with van der Waals surface area (Å²) in [6, 6.07) is 7.77. The lowest BCUT2D eigenvalue weighted by atomic mass is 9.56. The van der Waals surface area contributed by atoms with Crippen LogP contribution in [0.4, 0.5) is 5.69 Å². The van der Waals surface area contributed by atoms with Gasteiger partial charge in [-0.3, -0.25) is 4.79 Å². The van der Waals surface area contributed by atoms with Crippen molar-refractivity contribution >= 4 is 29.3 Å². The van der Waals surface area contributed by atoms with Gasteiger partial charge in [-0.2, -0.15) is 5.26 Å². The molecule has 6 heteroatoms. The minimum atomic E-state index is 0.0445. The van der Waals surface area contributed by atoms with E-state index < -0.39 is 0 Å². The number of hydrogen-bond acceptors (Lipinski definition) is 3. The lowest BCUT2D eigenvalue weighted by Gasteiger charge is -2.51. The zero-order valence-electron chi connectivity index (χ0n) is 18.0. The van der Waals surface area contributed by atoms with Gasteiger partial charge in [-0.15, -0.1) is 0 Å². The van der Waals surface area contributed by atoms with E-state index >= 15 is 0 Å². The number of anilines is 1. The minimum Gasteiger partial charge on any atom is -0.328 e. The molecule has 0 bridgehead atoms. The molecule has 5 nitrogen and oxygen atoms in total. The third-order valence-electron chi connectivity index (χ3n) is 8.77. The van der Waals surface area contributed by atoms with Gasteiger partial charge in [0, 0.05) is 35.3 Å². The van der Waals surface area contributed by atoms with Crippen molar-refractivity contribution in [2.24, 2.45) is 35.5 Å². The third-order valence-corrected chi connectivity index (χ3v) is 9.00. The van der Waals surface area contributed by atoms with Crippen LogP contribution in [0.2, 0.25) is 5.02 Å². The highest BCUT2D eigenvalue weighted by molar-refractivity contribution is 6.30. The summed E-state index contributed by atoms with van der Waals surface area (Å²) in [5.41, 5.74) is 0.994. The van der Waals surface area contributed by atoms with E-state index in [-0.39, 0.29) is 11.8 Å². The Kier molecular flexibility index (Phi) is 4.87. The molecule has 1 aromatic carbocycles. The van der Waals surface area contributed by atoms with Gasteiger partial charge < -0.3 is 9.88 Å². The molecule has 1 amide bonds. The van der Waals surface area contributed by atoms with Crippen molar-refractivity contribution in [1.82, 2.24) is 9.55 Å². The molecule has 32 heavy (non-hydrogen) atoms. The SMILES string of the molecule is N#Cc1cc(Cl)ccc1NC(=O)[C@@H]1CC[C@H]2[C@@H]3CCC4[C@H](C=Cc5nccn54)[C@H]3CC[C@@H]21. The highest BCUT2D eigenvalue weighted by Gasteiger charge is 2.52. The van der Waals surface area contributed by atoms with Crippen LogP contribution >= 0.6 is 11.6 Å². The number of imidazole rings is 1. The zero-order valence-corrected chi connectivity index (χ0v) is 18.7. The highest BCUT2D eigenvalue weighted by Crippen LogP contribution is 2.58. The van der Waals surface area contributed by atoms with Crippen molar-refractivity contribution in [3.8, 4) is 6.07 Å². The molecule has 4 aliphatic rings. The number of benzene rings is 1. The predicted octanol–water partition coefficient (Wildman–Crippen LogP) is 5.69. The molecule has 1 N–H and O–H groups in total. The Bertz CT molecular complexity index is 1130. The summed E-state index contributed by atoms with van der Waals surface area (Å²) in [4.78, 5) is 17.7. The first-order chi connectivity index (χ1) is 15.6. The molecule has 2 aromatic rings. The van der Waals surface area contributed by atoms with E-state index in [1.165, 1.54) is 19.3 Å². The number of halogens is 1. The fourth-order valence-electron chi connectivity index (χ4n) is 7.50. The molecule has 1 unspecified atom stereocenters. The van der Waals surface area contributed by atoms with Gasteiger partial charge in [-0.05, 0) is 86.5 Å². The number of nitriles is 1. The number of hydrogen-bond donors (Lipinski definition) is 1. The van der Waals surface area contributed by atoms with Crippen molar-refractivity contribution in [3.63, 3.8) is 0 Å². The number of nitrogens with zero attached hydrogens (tertiary/aromatic N) is 3. The Morgan fingerprint density at radius 2 is 1.88 bits per heavy atom. The zero-order chi connectivity index (χ0) is 21.8. The van der Waals surface area contributed by atoms with Gasteiger partial charge in [0.15, 0.2) is 0 Å². The van der Waals surface area contributed by atoms with Crippen LogP contribution in [0, 0.1) is 46.8 Å². The van der Waals surface area contributed by atoms with Crippen LogP contribution in [-0.4, -0.2) is 15.5 Å². The molecule has 3 fully saturated rings. The standard InChI is InChI=1S/C26H27ClN4O/c27-16-1-8-23(15(13-16)14-28)30-26(32)22-5-4-17-18-6-9-24-21(19(18)2-3-20(17)22)7-10-25-29-11-12-31(24)25/h1,7-8,10-13,17-22,24H,2-6,9H2,(H,30,32)/t17-,18-,19-,20-,21+,22+,24?/m0/s1. The Morgan fingerprint density at radius 3 is 2.75 bits per heavy atom. The van der Waals surface area contributed by atoms with Gasteiger partial charge in [-0.25, -0.2) is 4.98 Å². The monoisotopic (exact) mass is 446 g/mol. The second kappa shape index (κ2) is 7.78. The number of nitrogens with one attached hydrogen (secondary N) is 1. The lowest BCUT2D eigenvalue weighted by Crippen LogP contribution is -2.44. The molecule has 7 atom stereocenters. The first-order valence-corrected chi connectivity index (χ1v) is 12.2. The van der Waals surface area contributed by atoms with Crippen molar-refractivity contribution in [2.45, 2.75) is 44.6 Å². The summed E-state index contributed by atoms with van der Waals surface area (Å²) < 4.78 is 2.39. The molecule has 1 aromatic heterocycles. The van der Waals surface area contributed by atoms with Gasteiger partial charge in [0.05, 0.1) is 11.3 Å². The normalized spacial score (nSPS) is 34.6. The number of aromatic nitrogens is 2. The van der Waals surface area contributed by atoms with Crippen LogP contribution in [0.25, 0.3) is 6.08 Å². The van der Waals surface area contributed by atoms with Gasteiger partial charge in [-0.1, -0.05) is 17.7 Å². The average molecular weight is 447 g/mol. The van der Waals surface area contributed by atoms with E-state index in [1.54, 1.807) is 18.2 Å². The second-order valence-corrected chi connectivity index (χ2v) is 10.4. The molecular weight excluding hydrogens is 420 g/mol. The minimum absolute atomic E-state index is 0.0445. The molecule has 1 aliphatic heterocycles. The lowest BCUT2D eigenvalue weighted by molar-refractivity contribution is -0.122.